The van der Waals surface area contributed by atoms with Gasteiger partial charge in [0.2, 0.25) is 5.91 Å². The number of likely N-dealkylation sites (tertiary alicyclic amines) is 1. The minimum Gasteiger partial charge on any atom is -0.396 e. The van der Waals surface area contributed by atoms with Gasteiger partial charge in [-0.15, -0.1) is 0 Å². The molecule has 0 spiro atoms. The Kier molecular flexibility index (Phi) is 5.33. The third-order valence-electron chi connectivity index (χ3n) is 6.41. The Morgan fingerprint density at radius 3 is 2.58 bits per heavy atom. The van der Waals surface area contributed by atoms with Gasteiger partial charge in [0.25, 0.3) is 0 Å². The number of amides is 3. The van der Waals surface area contributed by atoms with E-state index in [1.54, 1.807) is 6.92 Å². The molecule has 0 radical (unpaired) electrons. The van der Waals surface area contributed by atoms with Crippen molar-refractivity contribution in [1.82, 2.24) is 15.1 Å². The van der Waals surface area contributed by atoms with Crippen LogP contribution in [0.2, 0.25) is 0 Å². The van der Waals surface area contributed by atoms with Gasteiger partial charge in [0.15, 0.2) is 0 Å². The van der Waals surface area contributed by atoms with E-state index in [1.165, 1.54) is 6.42 Å². The Morgan fingerprint density at radius 1 is 1.17 bits per heavy atom. The Bertz CT molecular complexity index is 484. The molecule has 4 fully saturated rings. The predicted molar refractivity (Wildman–Crippen MR) is 91.4 cm³/mol. The Balaban J connectivity index is 1.61. The lowest BCUT2D eigenvalue weighted by Gasteiger charge is -2.50. The van der Waals surface area contributed by atoms with Crippen LogP contribution in [-0.2, 0) is 4.79 Å². The molecule has 0 aromatic heterocycles. The highest BCUT2D eigenvalue weighted by Crippen LogP contribution is 2.39. The van der Waals surface area contributed by atoms with Crippen LogP contribution in [0.15, 0.2) is 0 Å². The number of carbonyl (C=O) groups excluding carboxylic acids is 2. The molecule has 3 amide bonds. The summed E-state index contributed by atoms with van der Waals surface area (Å²) in [4.78, 5) is 28.3. The monoisotopic (exact) mass is 337 g/mol. The summed E-state index contributed by atoms with van der Waals surface area (Å²) in [6.45, 7) is 6.21. The van der Waals surface area contributed by atoms with E-state index >= 15 is 0 Å². The summed E-state index contributed by atoms with van der Waals surface area (Å²) in [6.07, 6.45) is 5.04. The van der Waals surface area contributed by atoms with E-state index in [4.69, 9.17) is 0 Å². The van der Waals surface area contributed by atoms with Crippen LogP contribution in [0.1, 0.15) is 46.0 Å². The van der Waals surface area contributed by atoms with Gasteiger partial charge >= 0.3 is 6.03 Å². The first-order valence-electron chi connectivity index (χ1n) is 9.47. The summed E-state index contributed by atoms with van der Waals surface area (Å²) in [6, 6.07) is 0.367. The van der Waals surface area contributed by atoms with Crippen LogP contribution in [0, 0.1) is 17.8 Å². The molecule has 1 saturated carbocycles. The average molecular weight is 337 g/mol. The van der Waals surface area contributed by atoms with Crippen LogP contribution in [0.4, 0.5) is 4.79 Å². The zero-order valence-electron chi connectivity index (χ0n) is 14.9. The van der Waals surface area contributed by atoms with Crippen LogP contribution in [0.25, 0.3) is 0 Å². The quantitative estimate of drug-likeness (QED) is 0.818. The normalized spacial score (nSPS) is 35.9. The zero-order chi connectivity index (χ0) is 17.3. The van der Waals surface area contributed by atoms with Gasteiger partial charge < -0.3 is 20.2 Å². The predicted octanol–water partition coefficient (Wildman–Crippen LogP) is 1.44. The minimum absolute atomic E-state index is 0.0302. The van der Waals surface area contributed by atoms with Crippen LogP contribution in [0.3, 0.4) is 0 Å². The van der Waals surface area contributed by atoms with Crippen molar-refractivity contribution in [1.29, 1.82) is 0 Å². The summed E-state index contributed by atoms with van der Waals surface area (Å²) in [5.41, 5.74) is 0. The molecule has 3 saturated heterocycles. The highest BCUT2D eigenvalue weighted by molar-refractivity contribution is 5.76. The second kappa shape index (κ2) is 7.30. The first kappa shape index (κ1) is 17.5. The molecule has 5 unspecified atom stereocenters. The molecule has 136 valence electrons. The maximum atomic E-state index is 12.8. The van der Waals surface area contributed by atoms with Gasteiger partial charge in [-0.3, -0.25) is 4.79 Å². The smallest absolute Gasteiger partial charge is 0.317 e. The van der Waals surface area contributed by atoms with E-state index < -0.39 is 0 Å². The fourth-order valence-corrected chi connectivity index (χ4v) is 4.93. The van der Waals surface area contributed by atoms with Crippen molar-refractivity contribution < 1.29 is 14.7 Å². The van der Waals surface area contributed by atoms with Gasteiger partial charge in [0, 0.05) is 51.2 Å². The number of aliphatic hydroxyl groups excluding tert-OH is 1. The lowest BCUT2D eigenvalue weighted by Crippen LogP contribution is -2.61. The molecule has 6 nitrogen and oxygen atoms in total. The van der Waals surface area contributed by atoms with E-state index in [2.05, 4.69) is 12.2 Å². The number of aliphatic hydroxyl groups is 1. The topological polar surface area (TPSA) is 72.9 Å². The number of urea groups is 1. The van der Waals surface area contributed by atoms with E-state index in [0.717, 1.165) is 45.3 Å². The van der Waals surface area contributed by atoms with Crippen molar-refractivity contribution in [3.63, 3.8) is 0 Å². The number of rotatable bonds is 3. The van der Waals surface area contributed by atoms with E-state index in [-0.39, 0.29) is 36.5 Å². The molecular formula is C18H31N3O3. The maximum Gasteiger partial charge on any atom is 0.317 e. The molecule has 2 bridgehead atoms. The summed E-state index contributed by atoms with van der Waals surface area (Å²) < 4.78 is 0. The fraction of sp³-hybridized carbons (Fsp3) is 0.889. The lowest BCUT2D eigenvalue weighted by atomic mass is 9.73. The fourth-order valence-electron chi connectivity index (χ4n) is 4.93. The number of hydrogen-bond acceptors (Lipinski definition) is 3. The van der Waals surface area contributed by atoms with Gasteiger partial charge in [-0.1, -0.05) is 6.92 Å². The molecule has 1 aliphatic carbocycles. The summed E-state index contributed by atoms with van der Waals surface area (Å²) >= 11 is 0. The van der Waals surface area contributed by atoms with Gasteiger partial charge in [-0.2, -0.15) is 0 Å². The zero-order valence-corrected chi connectivity index (χ0v) is 14.9. The number of hydrogen-bond donors (Lipinski definition) is 2. The first-order chi connectivity index (χ1) is 11.5. The highest BCUT2D eigenvalue weighted by Gasteiger charge is 2.43. The average Bonchev–Trinajstić information content (AvgIpc) is 2.61. The molecule has 3 heterocycles. The van der Waals surface area contributed by atoms with Crippen molar-refractivity contribution in [3.8, 4) is 0 Å². The first-order valence-corrected chi connectivity index (χ1v) is 9.47. The van der Waals surface area contributed by atoms with Crippen LogP contribution < -0.4 is 5.32 Å². The molecule has 2 N–H and O–H groups in total. The van der Waals surface area contributed by atoms with Crippen LogP contribution >= 0.6 is 0 Å². The molecule has 6 heteroatoms. The van der Waals surface area contributed by atoms with E-state index in [0.29, 0.717) is 11.8 Å². The summed E-state index contributed by atoms with van der Waals surface area (Å²) in [7, 11) is 0. The minimum atomic E-state index is 0.0302. The largest absolute Gasteiger partial charge is 0.396 e. The standard InChI is InChI=1S/C18H31N3O3/c1-3-14-10-20(12(2)23)7-6-16(14)19-18(24)21-9-13-4-5-17(21)15(8-13)11-22/h13-17,22H,3-11H2,1-2H3,(H,19,24). The van der Waals surface area contributed by atoms with Crippen LogP contribution in [-0.4, -0.2) is 65.2 Å². The van der Waals surface area contributed by atoms with Crippen molar-refractivity contribution in [2.45, 2.75) is 58.0 Å². The maximum absolute atomic E-state index is 12.8. The molecule has 0 aromatic carbocycles. The molecule has 24 heavy (non-hydrogen) atoms. The number of nitrogens with one attached hydrogen (secondary N) is 1. The third-order valence-corrected chi connectivity index (χ3v) is 6.41. The van der Waals surface area contributed by atoms with E-state index in [9.17, 15) is 14.7 Å². The van der Waals surface area contributed by atoms with Crippen molar-refractivity contribution >= 4 is 11.9 Å². The van der Waals surface area contributed by atoms with Gasteiger partial charge in [0.1, 0.15) is 0 Å². The molecule has 3 aliphatic heterocycles. The Morgan fingerprint density at radius 2 is 1.96 bits per heavy atom. The van der Waals surface area contributed by atoms with Crippen molar-refractivity contribution in [2.75, 3.05) is 26.2 Å². The number of piperidine rings is 3. The SMILES string of the molecule is CCC1CN(C(C)=O)CCC1NC(=O)N1CC2CCC1C(CO)C2. The third kappa shape index (κ3) is 3.39. The molecule has 5 atom stereocenters. The number of carbonyl (C=O) groups is 2. The number of nitrogens with zero attached hydrogens (tertiary/aromatic N) is 2. The Hall–Kier alpha value is -1.30. The van der Waals surface area contributed by atoms with Crippen LogP contribution in [0.5, 0.6) is 0 Å². The lowest BCUT2D eigenvalue weighted by molar-refractivity contribution is -0.130. The Labute approximate surface area is 144 Å². The van der Waals surface area contributed by atoms with E-state index in [1.807, 2.05) is 9.80 Å². The summed E-state index contributed by atoms with van der Waals surface area (Å²) in [5.74, 6) is 1.23. The van der Waals surface area contributed by atoms with Gasteiger partial charge in [0.05, 0.1) is 0 Å². The molecule has 0 aromatic rings. The number of fused-ring (bicyclic) bond motifs is 3. The second-order valence-electron chi connectivity index (χ2n) is 7.82. The summed E-state index contributed by atoms with van der Waals surface area (Å²) in [5, 5.41) is 12.8. The molecule has 4 aliphatic rings. The van der Waals surface area contributed by atoms with Gasteiger partial charge in [-0.05, 0) is 43.9 Å². The van der Waals surface area contributed by atoms with Crippen molar-refractivity contribution in [3.05, 3.63) is 0 Å². The highest BCUT2D eigenvalue weighted by atomic mass is 16.3. The second-order valence-corrected chi connectivity index (χ2v) is 7.82. The molecule has 4 rings (SSSR count). The molecular weight excluding hydrogens is 306 g/mol. The van der Waals surface area contributed by atoms with Gasteiger partial charge in [-0.25, -0.2) is 4.79 Å². The van der Waals surface area contributed by atoms with Crippen molar-refractivity contribution in [2.24, 2.45) is 17.8 Å².